The molecule has 2 aromatic rings. The van der Waals surface area contributed by atoms with Crippen molar-refractivity contribution in [3.05, 3.63) is 48.4 Å². The van der Waals surface area contributed by atoms with Crippen LogP contribution in [0, 0.1) is 0 Å². The van der Waals surface area contributed by atoms with Crippen molar-refractivity contribution < 1.29 is 23.5 Å². The molecular weight excluding hydrogens is 336 g/mol. The molecule has 1 N–H and O–H groups in total. The van der Waals surface area contributed by atoms with Crippen LogP contribution in [0.4, 0.5) is 11.4 Å². The highest BCUT2D eigenvalue weighted by atomic mass is 16.5. The molecule has 1 spiro atoms. The van der Waals surface area contributed by atoms with Crippen molar-refractivity contribution in [2.24, 2.45) is 0 Å². The minimum absolute atomic E-state index is 0.0326. The number of benzene rings is 1. The molecule has 1 saturated carbocycles. The summed E-state index contributed by atoms with van der Waals surface area (Å²) in [4.78, 5) is 39.2. The summed E-state index contributed by atoms with van der Waals surface area (Å²) in [5.41, 5.74) is 0.302. The molecule has 1 aliphatic heterocycles. The van der Waals surface area contributed by atoms with Gasteiger partial charge in [0.05, 0.1) is 17.6 Å². The van der Waals surface area contributed by atoms with Crippen LogP contribution < -0.4 is 10.2 Å². The maximum absolute atomic E-state index is 13.0. The Bertz CT molecular complexity index is 853. The summed E-state index contributed by atoms with van der Waals surface area (Å²) in [7, 11) is 0. The highest BCUT2D eigenvalue weighted by molar-refractivity contribution is 6.15. The maximum Gasteiger partial charge on any atom is 0.374 e. The van der Waals surface area contributed by atoms with Gasteiger partial charge in [0.1, 0.15) is 5.54 Å². The van der Waals surface area contributed by atoms with E-state index in [4.69, 9.17) is 9.15 Å². The molecule has 1 aromatic carbocycles. The lowest BCUT2D eigenvalue weighted by Gasteiger charge is -2.44. The number of nitrogens with zero attached hydrogens (tertiary/aromatic N) is 1. The number of amides is 2. The molecule has 2 aliphatic rings. The number of anilines is 2. The summed E-state index contributed by atoms with van der Waals surface area (Å²) >= 11 is 0. The van der Waals surface area contributed by atoms with E-state index in [0.29, 0.717) is 24.2 Å². The van der Waals surface area contributed by atoms with Crippen LogP contribution in [0.5, 0.6) is 0 Å². The van der Waals surface area contributed by atoms with Gasteiger partial charge in [-0.2, -0.15) is 0 Å². The van der Waals surface area contributed by atoms with E-state index in [1.807, 2.05) is 6.07 Å². The predicted octanol–water partition coefficient (Wildman–Crippen LogP) is 2.73. The highest BCUT2D eigenvalue weighted by Gasteiger charge is 2.52. The summed E-state index contributed by atoms with van der Waals surface area (Å²) in [5.74, 6) is -1.28. The van der Waals surface area contributed by atoms with Gasteiger partial charge in [-0.25, -0.2) is 4.79 Å². The van der Waals surface area contributed by atoms with E-state index in [-0.39, 0.29) is 11.7 Å². The minimum Gasteiger partial charge on any atom is -0.457 e. The Kier molecular flexibility index (Phi) is 3.99. The average Bonchev–Trinajstić information content (AvgIpc) is 3.33. The molecule has 7 nitrogen and oxygen atoms in total. The fourth-order valence-corrected chi connectivity index (χ4v) is 3.79. The van der Waals surface area contributed by atoms with Crippen molar-refractivity contribution >= 4 is 29.2 Å². The van der Waals surface area contributed by atoms with Crippen LogP contribution in [-0.2, 0) is 14.3 Å². The Labute approximate surface area is 149 Å². The van der Waals surface area contributed by atoms with Crippen molar-refractivity contribution in [2.75, 3.05) is 16.8 Å². The van der Waals surface area contributed by atoms with E-state index >= 15 is 0 Å². The Morgan fingerprint density at radius 3 is 2.65 bits per heavy atom. The number of esters is 1. The molecule has 1 aliphatic carbocycles. The first kappa shape index (κ1) is 16.4. The zero-order valence-corrected chi connectivity index (χ0v) is 14.1. The van der Waals surface area contributed by atoms with E-state index in [2.05, 4.69) is 5.32 Å². The average molecular weight is 354 g/mol. The molecule has 1 aromatic heterocycles. The number of carbonyl (C=O) groups is 3. The Morgan fingerprint density at radius 1 is 1.15 bits per heavy atom. The Hall–Kier alpha value is -3.09. The number of ether oxygens (including phenoxy) is 1. The van der Waals surface area contributed by atoms with Gasteiger partial charge in [0, 0.05) is 0 Å². The third kappa shape index (κ3) is 2.56. The fourth-order valence-electron chi connectivity index (χ4n) is 3.79. The van der Waals surface area contributed by atoms with Crippen LogP contribution in [0.2, 0.25) is 0 Å². The molecule has 0 atom stereocenters. The maximum atomic E-state index is 13.0. The van der Waals surface area contributed by atoms with Crippen LogP contribution in [0.25, 0.3) is 0 Å². The van der Waals surface area contributed by atoms with Gasteiger partial charge < -0.3 is 14.5 Å². The molecule has 0 saturated heterocycles. The SMILES string of the molecule is O=C(OCC(=O)N1c2ccccc2NC(=O)C12CCCC2)c1ccco1. The molecule has 26 heavy (non-hydrogen) atoms. The lowest BCUT2D eigenvalue weighted by atomic mass is 9.90. The fraction of sp³-hybridized carbons (Fsp3) is 0.316. The number of carbonyl (C=O) groups excluding carboxylic acids is 3. The van der Waals surface area contributed by atoms with Crippen molar-refractivity contribution in [3.63, 3.8) is 0 Å². The summed E-state index contributed by atoms with van der Waals surface area (Å²) in [6, 6.07) is 10.2. The van der Waals surface area contributed by atoms with Gasteiger partial charge in [0.15, 0.2) is 6.61 Å². The summed E-state index contributed by atoms with van der Waals surface area (Å²) < 4.78 is 10.1. The molecule has 134 valence electrons. The zero-order chi connectivity index (χ0) is 18.1. The van der Waals surface area contributed by atoms with Gasteiger partial charge in [-0.15, -0.1) is 0 Å². The van der Waals surface area contributed by atoms with Crippen LogP contribution in [0.15, 0.2) is 47.1 Å². The number of hydrogen-bond donors (Lipinski definition) is 1. The van der Waals surface area contributed by atoms with Gasteiger partial charge in [0.2, 0.25) is 5.76 Å². The molecule has 4 rings (SSSR count). The Balaban J connectivity index is 1.62. The van der Waals surface area contributed by atoms with Crippen LogP contribution in [-0.4, -0.2) is 29.9 Å². The van der Waals surface area contributed by atoms with Gasteiger partial charge >= 0.3 is 5.97 Å². The van der Waals surface area contributed by atoms with Crippen molar-refractivity contribution in [3.8, 4) is 0 Å². The number of fused-ring (bicyclic) bond motifs is 1. The monoisotopic (exact) mass is 354 g/mol. The number of nitrogens with one attached hydrogen (secondary N) is 1. The standard InChI is InChI=1S/C19H18N2O5/c22-16(12-26-17(23)15-8-5-11-25-15)21-14-7-2-1-6-13(14)20-18(24)19(21)9-3-4-10-19/h1-2,5-8,11H,3-4,9-10,12H2,(H,20,24). The first-order chi connectivity index (χ1) is 12.6. The Morgan fingerprint density at radius 2 is 1.92 bits per heavy atom. The molecule has 7 heteroatoms. The van der Waals surface area contributed by atoms with E-state index < -0.39 is 24.0 Å². The second-order valence-corrected chi connectivity index (χ2v) is 6.49. The molecule has 1 fully saturated rings. The second-order valence-electron chi connectivity index (χ2n) is 6.49. The summed E-state index contributed by atoms with van der Waals surface area (Å²) in [6.07, 6.45) is 4.27. The normalized spacial score (nSPS) is 17.7. The molecule has 0 unspecified atom stereocenters. The van der Waals surface area contributed by atoms with Crippen molar-refractivity contribution in [1.82, 2.24) is 0 Å². The third-order valence-electron chi connectivity index (χ3n) is 4.97. The third-order valence-corrected chi connectivity index (χ3v) is 4.97. The molecule has 2 heterocycles. The van der Waals surface area contributed by atoms with Gasteiger partial charge in [-0.05, 0) is 37.1 Å². The molecular formula is C19H18N2O5. The number of para-hydroxylation sites is 2. The van der Waals surface area contributed by atoms with E-state index in [9.17, 15) is 14.4 Å². The van der Waals surface area contributed by atoms with E-state index in [0.717, 1.165) is 12.8 Å². The van der Waals surface area contributed by atoms with Gasteiger partial charge in [-0.1, -0.05) is 25.0 Å². The number of rotatable bonds is 3. The quantitative estimate of drug-likeness (QED) is 0.856. The first-order valence-electron chi connectivity index (χ1n) is 8.56. The summed E-state index contributed by atoms with van der Waals surface area (Å²) in [6.45, 7) is -0.455. The zero-order valence-electron chi connectivity index (χ0n) is 14.1. The predicted molar refractivity (Wildman–Crippen MR) is 92.7 cm³/mol. The first-order valence-corrected chi connectivity index (χ1v) is 8.56. The van der Waals surface area contributed by atoms with Gasteiger partial charge in [-0.3, -0.25) is 14.5 Å². The highest BCUT2D eigenvalue weighted by Crippen LogP contribution is 2.45. The molecule has 2 amide bonds. The number of furan rings is 1. The summed E-state index contributed by atoms with van der Waals surface area (Å²) in [5, 5.41) is 2.91. The van der Waals surface area contributed by atoms with E-state index in [1.165, 1.54) is 17.2 Å². The van der Waals surface area contributed by atoms with E-state index in [1.54, 1.807) is 24.3 Å². The smallest absolute Gasteiger partial charge is 0.374 e. The van der Waals surface area contributed by atoms with Crippen LogP contribution in [0.1, 0.15) is 36.2 Å². The van der Waals surface area contributed by atoms with Crippen molar-refractivity contribution in [1.29, 1.82) is 0 Å². The van der Waals surface area contributed by atoms with Crippen molar-refractivity contribution in [2.45, 2.75) is 31.2 Å². The molecule has 0 radical (unpaired) electrons. The van der Waals surface area contributed by atoms with Crippen LogP contribution in [0.3, 0.4) is 0 Å². The lowest BCUT2D eigenvalue weighted by Crippen LogP contribution is -2.61. The largest absolute Gasteiger partial charge is 0.457 e. The second kappa shape index (κ2) is 6.33. The van der Waals surface area contributed by atoms with Crippen LogP contribution >= 0.6 is 0 Å². The topological polar surface area (TPSA) is 88.9 Å². The lowest BCUT2D eigenvalue weighted by molar-refractivity contribution is -0.129. The van der Waals surface area contributed by atoms with Gasteiger partial charge in [0.25, 0.3) is 11.8 Å². The molecule has 0 bridgehead atoms. The minimum atomic E-state index is -0.914. The number of hydrogen-bond acceptors (Lipinski definition) is 5.